The van der Waals surface area contributed by atoms with Gasteiger partial charge in [-0.25, -0.2) is 9.79 Å². The Morgan fingerprint density at radius 1 is 1.30 bits per heavy atom. The lowest BCUT2D eigenvalue weighted by atomic mass is 10.1. The van der Waals surface area contributed by atoms with E-state index in [0.717, 1.165) is 11.1 Å². The molecule has 0 amide bonds. The molecule has 0 atom stereocenters. The molecule has 0 N–H and O–H groups in total. The maximum atomic E-state index is 12.2. The van der Waals surface area contributed by atoms with Crippen molar-refractivity contribution < 1.29 is 19.0 Å². The molecule has 0 aromatic heterocycles. The minimum atomic E-state index is -0.534. The van der Waals surface area contributed by atoms with Crippen LogP contribution in [0, 0.1) is 19.3 Å². The molecule has 0 spiro atoms. The summed E-state index contributed by atoms with van der Waals surface area (Å²) in [5.41, 5.74) is 2.62. The normalized spacial score (nSPS) is 14.5. The van der Waals surface area contributed by atoms with Gasteiger partial charge in [-0.15, -0.1) is 6.42 Å². The number of methoxy groups -OCH3 is 1. The molecule has 1 aliphatic heterocycles. The number of benzene rings is 2. The highest BCUT2D eigenvalue weighted by Gasteiger charge is 2.24. The molecule has 0 radical (unpaired) electrons. The first-order valence-corrected chi connectivity index (χ1v) is 8.43. The first-order valence-electron chi connectivity index (χ1n) is 8.05. The van der Waals surface area contributed by atoms with E-state index < -0.39 is 5.97 Å². The zero-order chi connectivity index (χ0) is 19.4. The topological polar surface area (TPSA) is 57.1 Å². The Morgan fingerprint density at radius 3 is 2.70 bits per heavy atom. The van der Waals surface area contributed by atoms with Crippen molar-refractivity contribution in [1.82, 2.24) is 0 Å². The van der Waals surface area contributed by atoms with E-state index in [1.54, 1.807) is 18.2 Å². The lowest BCUT2D eigenvalue weighted by molar-refractivity contribution is -0.129. The molecule has 0 fully saturated rings. The second-order valence-electron chi connectivity index (χ2n) is 5.73. The van der Waals surface area contributed by atoms with Crippen LogP contribution in [-0.2, 0) is 9.53 Å². The van der Waals surface area contributed by atoms with E-state index in [9.17, 15) is 4.79 Å². The van der Waals surface area contributed by atoms with E-state index >= 15 is 0 Å². The Hall–Kier alpha value is -3.23. The predicted molar refractivity (Wildman–Crippen MR) is 104 cm³/mol. The molecule has 2 aromatic carbocycles. The van der Waals surface area contributed by atoms with E-state index in [4.69, 9.17) is 32.2 Å². The summed E-state index contributed by atoms with van der Waals surface area (Å²) in [6, 6.07) is 10.9. The Balaban J connectivity index is 1.94. The third-order valence-corrected chi connectivity index (χ3v) is 4.05. The van der Waals surface area contributed by atoms with Gasteiger partial charge < -0.3 is 14.2 Å². The lowest BCUT2D eigenvalue weighted by Crippen LogP contribution is -2.05. The molecule has 2 aromatic rings. The SMILES string of the molecule is C#CCOc1c(Cl)cc(/C=C2/N=C(c3ccc(C)cc3)OC2=O)cc1OC. The lowest BCUT2D eigenvalue weighted by Gasteiger charge is -2.11. The number of aryl methyl sites for hydroxylation is 1. The fourth-order valence-electron chi connectivity index (χ4n) is 2.46. The summed E-state index contributed by atoms with van der Waals surface area (Å²) in [5.74, 6) is 2.84. The molecule has 3 rings (SSSR count). The number of terminal acetylenes is 1. The van der Waals surface area contributed by atoms with Gasteiger partial charge in [0, 0.05) is 5.56 Å². The Kier molecular flexibility index (Phi) is 5.49. The summed E-state index contributed by atoms with van der Waals surface area (Å²) < 4.78 is 16.0. The number of esters is 1. The van der Waals surface area contributed by atoms with Crippen LogP contribution in [0.1, 0.15) is 16.7 Å². The third-order valence-electron chi connectivity index (χ3n) is 3.77. The highest BCUT2D eigenvalue weighted by molar-refractivity contribution is 6.32. The van der Waals surface area contributed by atoms with Gasteiger partial charge in [-0.2, -0.15) is 0 Å². The van der Waals surface area contributed by atoms with Crippen LogP contribution in [-0.4, -0.2) is 25.6 Å². The fourth-order valence-corrected chi connectivity index (χ4v) is 2.74. The van der Waals surface area contributed by atoms with Crippen molar-refractivity contribution in [2.45, 2.75) is 6.92 Å². The highest BCUT2D eigenvalue weighted by atomic mass is 35.5. The van der Waals surface area contributed by atoms with Gasteiger partial charge in [0.25, 0.3) is 0 Å². The van der Waals surface area contributed by atoms with Crippen molar-refractivity contribution in [3.8, 4) is 23.8 Å². The number of hydrogen-bond acceptors (Lipinski definition) is 5. The van der Waals surface area contributed by atoms with Crippen LogP contribution in [0.4, 0.5) is 0 Å². The molecular formula is C21H16ClNO4. The zero-order valence-electron chi connectivity index (χ0n) is 14.8. The number of hydrogen-bond donors (Lipinski definition) is 0. The minimum Gasteiger partial charge on any atom is -0.493 e. The number of ether oxygens (including phenoxy) is 3. The molecule has 0 saturated heterocycles. The van der Waals surface area contributed by atoms with Gasteiger partial charge in [-0.3, -0.25) is 0 Å². The summed E-state index contributed by atoms with van der Waals surface area (Å²) >= 11 is 6.26. The monoisotopic (exact) mass is 381 g/mol. The maximum Gasteiger partial charge on any atom is 0.363 e. The number of nitrogens with zero attached hydrogens (tertiary/aromatic N) is 1. The molecule has 6 heteroatoms. The van der Waals surface area contributed by atoms with Crippen LogP contribution < -0.4 is 9.47 Å². The molecule has 0 bridgehead atoms. The van der Waals surface area contributed by atoms with Gasteiger partial charge in [-0.05, 0) is 42.8 Å². The molecule has 27 heavy (non-hydrogen) atoms. The average molecular weight is 382 g/mol. The van der Waals surface area contributed by atoms with Crippen LogP contribution in [0.15, 0.2) is 47.1 Å². The molecule has 1 heterocycles. The molecule has 0 saturated carbocycles. The van der Waals surface area contributed by atoms with Crippen molar-refractivity contribution in [2.75, 3.05) is 13.7 Å². The number of halogens is 1. The van der Waals surface area contributed by atoms with Crippen LogP contribution >= 0.6 is 11.6 Å². The molecule has 5 nitrogen and oxygen atoms in total. The van der Waals surface area contributed by atoms with E-state index in [1.165, 1.54) is 7.11 Å². The second kappa shape index (κ2) is 7.98. The highest BCUT2D eigenvalue weighted by Crippen LogP contribution is 2.37. The largest absolute Gasteiger partial charge is 0.493 e. The fraction of sp³-hybridized carbons (Fsp3) is 0.143. The van der Waals surface area contributed by atoms with Crippen molar-refractivity contribution >= 4 is 29.5 Å². The van der Waals surface area contributed by atoms with Gasteiger partial charge in [0.05, 0.1) is 12.1 Å². The molecule has 1 aliphatic rings. The van der Waals surface area contributed by atoms with Crippen molar-refractivity contribution in [2.24, 2.45) is 4.99 Å². The Bertz CT molecular complexity index is 984. The van der Waals surface area contributed by atoms with Crippen molar-refractivity contribution in [3.63, 3.8) is 0 Å². The summed E-state index contributed by atoms with van der Waals surface area (Å²) in [4.78, 5) is 16.4. The summed E-state index contributed by atoms with van der Waals surface area (Å²) in [7, 11) is 1.49. The van der Waals surface area contributed by atoms with Gasteiger partial charge in [0.1, 0.15) is 6.61 Å². The molecule has 0 aliphatic carbocycles. The van der Waals surface area contributed by atoms with Crippen molar-refractivity contribution in [1.29, 1.82) is 0 Å². The first-order chi connectivity index (χ1) is 13.0. The summed E-state index contributed by atoms with van der Waals surface area (Å²) in [6.45, 7) is 2.04. The van der Waals surface area contributed by atoms with Crippen LogP contribution in [0.25, 0.3) is 6.08 Å². The maximum absolute atomic E-state index is 12.2. The number of carbonyl (C=O) groups is 1. The van der Waals surface area contributed by atoms with Gasteiger partial charge in [0.15, 0.2) is 17.2 Å². The number of cyclic esters (lactones) is 1. The predicted octanol–water partition coefficient (Wildman–Crippen LogP) is 4.01. The Morgan fingerprint density at radius 2 is 2.04 bits per heavy atom. The second-order valence-corrected chi connectivity index (χ2v) is 6.14. The van der Waals surface area contributed by atoms with Gasteiger partial charge in [-0.1, -0.05) is 35.2 Å². The minimum absolute atomic E-state index is 0.0625. The van der Waals surface area contributed by atoms with E-state index in [-0.39, 0.29) is 18.2 Å². The van der Waals surface area contributed by atoms with E-state index in [2.05, 4.69) is 10.9 Å². The average Bonchev–Trinajstić information content (AvgIpc) is 3.01. The van der Waals surface area contributed by atoms with Gasteiger partial charge in [0.2, 0.25) is 5.90 Å². The van der Waals surface area contributed by atoms with E-state index in [0.29, 0.717) is 22.1 Å². The van der Waals surface area contributed by atoms with Crippen molar-refractivity contribution in [3.05, 3.63) is 63.8 Å². The van der Waals surface area contributed by atoms with Crippen LogP contribution in [0.5, 0.6) is 11.5 Å². The standard InChI is InChI=1S/C21H16ClNO4/c1-4-9-26-19-16(22)10-14(12-18(19)25-3)11-17-21(24)27-20(23-17)15-7-5-13(2)6-8-15/h1,5-8,10-12H,9H2,2-3H3/b17-11+. The number of aliphatic imine (C=N–C) groups is 1. The van der Waals surface area contributed by atoms with Crippen LogP contribution in [0.3, 0.4) is 0 Å². The first kappa shape index (κ1) is 18.6. The summed E-state index contributed by atoms with van der Waals surface area (Å²) in [5, 5.41) is 0.311. The summed E-state index contributed by atoms with van der Waals surface area (Å²) in [6.07, 6.45) is 6.78. The molecule has 136 valence electrons. The Labute approximate surface area is 162 Å². The van der Waals surface area contributed by atoms with Gasteiger partial charge >= 0.3 is 5.97 Å². The number of rotatable bonds is 5. The number of carbonyl (C=O) groups excluding carboxylic acids is 1. The van der Waals surface area contributed by atoms with E-state index in [1.807, 2.05) is 31.2 Å². The third kappa shape index (κ3) is 4.13. The molecular weight excluding hydrogens is 366 g/mol. The molecule has 0 unspecified atom stereocenters. The van der Waals surface area contributed by atoms with Crippen LogP contribution in [0.2, 0.25) is 5.02 Å². The zero-order valence-corrected chi connectivity index (χ0v) is 15.5. The quantitative estimate of drug-likeness (QED) is 0.446. The smallest absolute Gasteiger partial charge is 0.363 e.